The first-order valence-electron chi connectivity index (χ1n) is 6.27. The molecule has 0 saturated carbocycles. The summed E-state index contributed by atoms with van der Waals surface area (Å²) in [6, 6.07) is 8.48. The van der Waals surface area contributed by atoms with E-state index in [1.54, 1.807) is 18.5 Å². The maximum absolute atomic E-state index is 13.3. The first-order chi connectivity index (χ1) is 9.78. The summed E-state index contributed by atoms with van der Waals surface area (Å²) in [5, 5.41) is 3.17. The van der Waals surface area contributed by atoms with E-state index in [4.69, 9.17) is 0 Å². The van der Waals surface area contributed by atoms with Crippen LogP contribution >= 0.6 is 11.9 Å². The number of nitrogens with one attached hydrogen (secondary N) is 1. The van der Waals surface area contributed by atoms with Gasteiger partial charge in [0.15, 0.2) is 0 Å². The topological polar surface area (TPSA) is 40.5 Å². The predicted molar refractivity (Wildman–Crippen MR) is 80.6 cm³/mol. The zero-order valence-electron chi connectivity index (χ0n) is 10.9. The van der Waals surface area contributed by atoms with Crippen LogP contribution in [0.5, 0.6) is 0 Å². The molecule has 2 aromatic rings. The highest BCUT2D eigenvalue weighted by atomic mass is 32.2. The molecule has 0 atom stereocenters. The lowest BCUT2D eigenvalue weighted by Gasteiger charge is -2.27. The van der Waals surface area contributed by atoms with Crippen molar-refractivity contribution < 1.29 is 4.39 Å². The Kier molecular flexibility index (Phi) is 3.56. The van der Waals surface area contributed by atoms with Crippen molar-refractivity contribution in [3.8, 4) is 0 Å². The Labute approximate surface area is 120 Å². The third-order valence-electron chi connectivity index (χ3n) is 2.95. The van der Waals surface area contributed by atoms with Gasteiger partial charge in [0.2, 0.25) is 5.96 Å². The van der Waals surface area contributed by atoms with Crippen LogP contribution in [0.15, 0.2) is 52.0 Å². The minimum atomic E-state index is -0.262. The van der Waals surface area contributed by atoms with Gasteiger partial charge < -0.3 is 10.2 Å². The molecule has 1 aromatic heterocycles. The molecule has 1 aliphatic rings. The quantitative estimate of drug-likeness (QED) is 0.858. The third kappa shape index (κ3) is 2.46. The van der Waals surface area contributed by atoms with Gasteiger partial charge in [0.05, 0.1) is 22.5 Å². The number of halogens is 1. The Balaban J connectivity index is 1.90. The van der Waals surface area contributed by atoms with Crippen LogP contribution in [0.3, 0.4) is 0 Å². The lowest BCUT2D eigenvalue weighted by molar-refractivity contribution is 0.627. The monoisotopic (exact) mass is 288 g/mol. The van der Waals surface area contributed by atoms with Crippen molar-refractivity contribution in [3.05, 3.63) is 48.5 Å². The molecule has 0 bridgehead atoms. The standard InChI is InChI=1S/C14H13FN4S/c1-2-19(11-4-3-7-16-9-11)14-17-12-8-10(15)5-6-13(12)20-18-14/h3-9H,2H2,1H3,(H,17,18). The molecular weight excluding hydrogens is 275 g/mol. The van der Waals surface area contributed by atoms with E-state index in [1.165, 1.54) is 24.1 Å². The average molecular weight is 288 g/mol. The average Bonchev–Trinajstić information content (AvgIpc) is 2.49. The van der Waals surface area contributed by atoms with Crippen LogP contribution in [0.25, 0.3) is 0 Å². The third-order valence-corrected chi connectivity index (χ3v) is 3.76. The molecule has 4 nitrogen and oxygen atoms in total. The predicted octanol–water partition coefficient (Wildman–Crippen LogP) is 3.54. The summed E-state index contributed by atoms with van der Waals surface area (Å²) in [6.07, 6.45) is 3.51. The number of hydrogen-bond acceptors (Lipinski definition) is 5. The second-order valence-corrected chi connectivity index (χ2v) is 5.03. The number of guanidine groups is 1. The Hall–Kier alpha value is -2.08. The molecule has 0 fully saturated rings. The number of fused-ring (bicyclic) bond motifs is 1. The van der Waals surface area contributed by atoms with Crippen LogP contribution in [-0.4, -0.2) is 17.5 Å². The van der Waals surface area contributed by atoms with Crippen molar-refractivity contribution in [2.75, 3.05) is 16.8 Å². The number of hydrogen-bond donors (Lipinski definition) is 1. The van der Waals surface area contributed by atoms with E-state index in [2.05, 4.69) is 14.7 Å². The van der Waals surface area contributed by atoms with Gasteiger partial charge in [-0.05, 0) is 37.3 Å². The normalized spacial score (nSPS) is 13.2. The van der Waals surface area contributed by atoms with Gasteiger partial charge in [-0.1, -0.05) is 0 Å². The molecule has 0 spiro atoms. The summed E-state index contributed by atoms with van der Waals surface area (Å²) < 4.78 is 17.8. The molecule has 0 saturated heterocycles. The molecule has 1 N–H and O–H groups in total. The van der Waals surface area contributed by atoms with Crippen molar-refractivity contribution in [1.82, 2.24) is 4.98 Å². The number of anilines is 2. The zero-order chi connectivity index (χ0) is 13.9. The minimum absolute atomic E-state index is 0.262. The second-order valence-electron chi connectivity index (χ2n) is 4.23. The van der Waals surface area contributed by atoms with Crippen LogP contribution in [0.4, 0.5) is 15.8 Å². The number of pyridine rings is 1. The highest BCUT2D eigenvalue weighted by molar-refractivity contribution is 7.98. The Morgan fingerprint density at radius 1 is 1.35 bits per heavy atom. The van der Waals surface area contributed by atoms with Crippen molar-refractivity contribution in [1.29, 1.82) is 0 Å². The molecule has 0 unspecified atom stereocenters. The van der Waals surface area contributed by atoms with E-state index < -0.39 is 0 Å². The number of aromatic nitrogens is 1. The van der Waals surface area contributed by atoms with E-state index in [0.29, 0.717) is 5.96 Å². The SMILES string of the molecule is CCN(C1=NSc2ccc(F)cc2N1)c1cccnc1. The molecule has 1 aromatic carbocycles. The maximum Gasteiger partial charge on any atom is 0.215 e. The van der Waals surface area contributed by atoms with Gasteiger partial charge in [0.1, 0.15) is 5.82 Å². The van der Waals surface area contributed by atoms with Crippen molar-refractivity contribution in [2.24, 2.45) is 4.40 Å². The molecule has 3 rings (SSSR count). The number of benzene rings is 1. The van der Waals surface area contributed by atoms with Gasteiger partial charge in [-0.15, -0.1) is 0 Å². The van der Waals surface area contributed by atoms with Crippen LogP contribution in [0.1, 0.15) is 6.92 Å². The summed E-state index contributed by atoms with van der Waals surface area (Å²) >= 11 is 1.34. The summed E-state index contributed by atoms with van der Waals surface area (Å²) in [6.45, 7) is 2.77. The number of rotatable bonds is 2. The Morgan fingerprint density at radius 2 is 2.25 bits per heavy atom. The molecule has 0 amide bonds. The highest BCUT2D eigenvalue weighted by Crippen LogP contribution is 2.33. The fourth-order valence-corrected chi connectivity index (χ4v) is 2.67. The van der Waals surface area contributed by atoms with Crippen LogP contribution in [0, 0.1) is 5.82 Å². The smallest absolute Gasteiger partial charge is 0.215 e. The lowest BCUT2D eigenvalue weighted by atomic mass is 10.3. The molecule has 0 radical (unpaired) electrons. The fourth-order valence-electron chi connectivity index (χ4n) is 2.00. The first kappa shape index (κ1) is 12.9. The fraction of sp³-hybridized carbons (Fsp3) is 0.143. The van der Waals surface area contributed by atoms with Crippen molar-refractivity contribution >= 4 is 29.3 Å². The maximum atomic E-state index is 13.3. The number of nitrogens with zero attached hydrogens (tertiary/aromatic N) is 3. The zero-order valence-corrected chi connectivity index (χ0v) is 11.7. The van der Waals surface area contributed by atoms with Gasteiger partial charge >= 0.3 is 0 Å². The van der Waals surface area contributed by atoms with E-state index in [-0.39, 0.29) is 5.82 Å². The summed E-state index contributed by atoms with van der Waals surface area (Å²) in [5.74, 6) is 0.422. The molecular formula is C14H13FN4S. The largest absolute Gasteiger partial charge is 0.324 e. The summed E-state index contributed by atoms with van der Waals surface area (Å²) in [5.41, 5.74) is 1.68. The Bertz CT molecular complexity index is 645. The van der Waals surface area contributed by atoms with Gasteiger partial charge in [0.25, 0.3) is 0 Å². The van der Waals surface area contributed by atoms with Crippen molar-refractivity contribution in [2.45, 2.75) is 11.8 Å². The van der Waals surface area contributed by atoms with Crippen LogP contribution in [0.2, 0.25) is 0 Å². The van der Waals surface area contributed by atoms with E-state index in [9.17, 15) is 4.39 Å². The highest BCUT2D eigenvalue weighted by Gasteiger charge is 2.19. The molecule has 1 aliphatic heterocycles. The molecule has 0 aliphatic carbocycles. The molecule has 6 heteroatoms. The molecule has 20 heavy (non-hydrogen) atoms. The lowest BCUT2D eigenvalue weighted by Crippen LogP contribution is -2.37. The van der Waals surface area contributed by atoms with E-state index in [1.807, 2.05) is 24.0 Å². The van der Waals surface area contributed by atoms with Gasteiger partial charge in [-0.2, -0.15) is 4.40 Å². The van der Waals surface area contributed by atoms with Crippen LogP contribution in [-0.2, 0) is 0 Å². The first-order valence-corrected chi connectivity index (χ1v) is 7.04. The molecule has 2 heterocycles. The summed E-state index contributed by atoms with van der Waals surface area (Å²) in [4.78, 5) is 7.02. The van der Waals surface area contributed by atoms with E-state index in [0.717, 1.165) is 22.8 Å². The van der Waals surface area contributed by atoms with Gasteiger partial charge in [-0.25, -0.2) is 4.39 Å². The molecule has 102 valence electrons. The van der Waals surface area contributed by atoms with Crippen LogP contribution < -0.4 is 10.2 Å². The second kappa shape index (κ2) is 5.50. The Morgan fingerprint density at radius 3 is 3.00 bits per heavy atom. The van der Waals surface area contributed by atoms with Gasteiger partial charge in [0, 0.05) is 24.7 Å². The van der Waals surface area contributed by atoms with Gasteiger partial charge in [-0.3, -0.25) is 4.98 Å². The van der Waals surface area contributed by atoms with Crippen molar-refractivity contribution in [3.63, 3.8) is 0 Å². The minimum Gasteiger partial charge on any atom is -0.324 e. The summed E-state index contributed by atoms with van der Waals surface area (Å²) in [7, 11) is 0. The van der Waals surface area contributed by atoms with E-state index >= 15 is 0 Å².